The average molecular weight is 311 g/mol. The largest absolute Gasteiger partial charge is 0.378 e. The molecule has 3 unspecified atom stereocenters. The molecule has 19 heavy (non-hydrogen) atoms. The van der Waals surface area contributed by atoms with E-state index < -0.39 is 9.05 Å². The summed E-state index contributed by atoms with van der Waals surface area (Å²) >= 11 is 0. The molecule has 0 aromatic heterocycles. The summed E-state index contributed by atoms with van der Waals surface area (Å²) in [6, 6.07) is 0. The first-order valence-electron chi connectivity index (χ1n) is 7.46. The smallest absolute Gasteiger partial charge is 0.232 e. The van der Waals surface area contributed by atoms with E-state index in [9.17, 15) is 8.42 Å². The van der Waals surface area contributed by atoms with Crippen molar-refractivity contribution in [1.29, 1.82) is 0 Å². The van der Waals surface area contributed by atoms with Crippen molar-refractivity contribution < 1.29 is 13.2 Å². The molecule has 1 fully saturated rings. The van der Waals surface area contributed by atoms with Gasteiger partial charge >= 0.3 is 0 Å². The predicted octanol–water partition coefficient (Wildman–Crippen LogP) is 3.96. The first-order chi connectivity index (χ1) is 8.92. The normalized spacial score (nSPS) is 26.3. The molecule has 0 amide bonds. The Morgan fingerprint density at radius 1 is 1.26 bits per heavy atom. The van der Waals surface area contributed by atoms with Gasteiger partial charge in [0.05, 0.1) is 11.9 Å². The summed E-state index contributed by atoms with van der Waals surface area (Å²) in [5.41, 5.74) is 0. The van der Waals surface area contributed by atoms with Crippen molar-refractivity contribution in [3.63, 3.8) is 0 Å². The molecule has 1 saturated carbocycles. The lowest BCUT2D eigenvalue weighted by Crippen LogP contribution is -2.28. The van der Waals surface area contributed by atoms with Gasteiger partial charge in [0.1, 0.15) is 0 Å². The molecule has 0 spiro atoms. The van der Waals surface area contributed by atoms with Gasteiger partial charge in [-0.1, -0.05) is 33.1 Å². The Hall–Kier alpha value is 0.200. The zero-order valence-corrected chi connectivity index (χ0v) is 13.7. The lowest BCUT2D eigenvalue weighted by atomic mass is 9.85. The van der Waals surface area contributed by atoms with Gasteiger partial charge in [0, 0.05) is 17.3 Å². The van der Waals surface area contributed by atoms with Gasteiger partial charge in [-0.25, -0.2) is 8.42 Å². The van der Waals surface area contributed by atoms with Crippen LogP contribution in [0.3, 0.4) is 0 Å². The lowest BCUT2D eigenvalue weighted by Gasteiger charge is -2.31. The molecule has 0 aromatic carbocycles. The fraction of sp³-hybridized carbons (Fsp3) is 1.00. The third-order valence-corrected chi connectivity index (χ3v) is 5.35. The van der Waals surface area contributed by atoms with E-state index in [1.807, 2.05) is 0 Å². The highest BCUT2D eigenvalue weighted by Crippen LogP contribution is 2.29. The molecule has 0 aromatic rings. The molecule has 0 radical (unpaired) electrons. The number of hydrogen-bond acceptors (Lipinski definition) is 3. The van der Waals surface area contributed by atoms with Crippen molar-refractivity contribution in [3.05, 3.63) is 0 Å². The minimum Gasteiger partial charge on any atom is -0.378 e. The van der Waals surface area contributed by atoms with E-state index in [0.29, 0.717) is 24.4 Å². The number of rotatable bonds is 8. The van der Waals surface area contributed by atoms with E-state index in [2.05, 4.69) is 13.8 Å². The van der Waals surface area contributed by atoms with Gasteiger partial charge in [-0.3, -0.25) is 0 Å². The summed E-state index contributed by atoms with van der Waals surface area (Å²) in [6.45, 7) is 5.04. The molecule has 0 aliphatic heterocycles. The van der Waals surface area contributed by atoms with Crippen molar-refractivity contribution in [2.45, 2.75) is 64.9 Å². The Morgan fingerprint density at radius 2 is 1.95 bits per heavy atom. The van der Waals surface area contributed by atoms with Gasteiger partial charge in [-0.05, 0) is 37.5 Å². The van der Waals surface area contributed by atoms with Crippen LogP contribution in [0.5, 0.6) is 0 Å². The Balaban J connectivity index is 2.18. The first-order valence-corrected chi connectivity index (χ1v) is 9.94. The maximum absolute atomic E-state index is 10.9. The van der Waals surface area contributed by atoms with Crippen molar-refractivity contribution in [2.24, 2.45) is 11.8 Å². The van der Waals surface area contributed by atoms with E-state index >= 15 is 0 Å². The highest BCUT2D eigenvalue weighted by Gasteiger charge is 2.24. The predicted molar refractivity (Wildman–Crippen MR) is 80.0 cm³/mol. The maximum Gasteiger partial charge on any atom is 0.232 e. The number of hydrogen-bond donors (Lipinski definition) is 0. The third kappa shape index (κ3) is 7.52. The van der Waals surface area contributed by atoms with Crippen molar-refractivity contribution in [3.8, 4) is 0 Å². The first kappa shape index (κ1) is 17.3. The molecular formula is C14H27ClO3S. The zero-order valence-electron chi connectivity index (χ0n) is 12.1. The molecule has 0 heterocycles. The number of ether oxygens (including phenoxy) is 1. The van der Waals surface area contributed by atoms with Crippen molar-refractivity contribution in [1.82, 2.24) is 0 Å². The molecule has 0 saturated heterocycles. The Labute approximate surface area is 122 Å². The summed E-state index contributed by atoms with van der Waals surface area (Å²) in [7, 11) is 1.87. The van der Waals surface area contributed by atoms with Crippen molar-refractivity contribution >= 4 is 19.7 Å². The van der Waals surface area contributed by atoms with Gasteiger partial charge in [-0.2, -0.15) is 0 Å². The van der Waals surface area contributed by atoms with E-state index in [1.54, 1.807) is 0 Å². The second-order valence-corrected chi connectivity index (χ2v) is 8.68. The maximum atomic E-state index is 10.9. The molecule has 1 aliphatic carbocycles. The minimum atomic E-state index is -3.35. The van der Waals surface area contributed by atoms with Crippen LogP contribution in [0.1, 0.15) is 58.8 Å². The summed E-state index contributed by atoms with van der Waals surface area (Å²) in [5.74, 6) is 1.13. The quantitative estimate of drug-likeness (QED) is 0.637. The molecular weight excluding hydrogens is 284 g/mol. The molecule has 1 rings (SSSR count). The molecule has 0 N–H and O–H groups in total. The van der Waals surface area contributed by atoms with Gasteiger partial charge in [0.2, 0.25) is 9.05 Å². The van der Waals surface area contributed by atoms with E-state index in [1.165, 1.54) is 32.1 Å². The monoisotopic (exact) mass is 310 g/mol. The van der Waals surface area contributed by atoms with Crippen LogP contribution in [0.4, 0.5) is 0 Å². The van der Waals surface area contributed by atoms with E-state index in [-0.39, 0.29) is 5.75 Å². The van der Waals surface area contributed by atoms with Gasteiger partial charge in [-0.15, -0.1) is 0 Å². The Bertz CT molecular complexity index is 343. The van der Waals surface area contributed by atoms with Crippen LogP contribution < -0.4 is 0 Å². The summed E-state index contributed by atoms with van der Waals surface area (Å²) < 4.78 is 27.8. The molecule has 5 heteroatoms. The summed E-state index contributed by atoms with van der Waals surface area (Å²) in [4.78, 5) is 0. The van der Waals surface area contributed by atoms with Crippen LogP contribution in [0, 0.1) is 11.8 Å². The van der Waals surface area contributed by atoms with Gasteiger partial charge in [0.25, 0.3) is 0 Å². The van der Waals surface area contributed by atoms with Crippen LogP contribution in [0.15, 0.2) is 0 Å². The Morgan fingerprint density at radius 3 is 2.58 bits per heavy atom. The third-order valence-electron chi connectivity index (χ3n) is 4.16. The number of halogens is 1. The minimum absolute atomic E-state index is 0.0662. The van der Waals surface area contributed by atoms with E-state index in [0.717, 1.165) is 13.0 Å². The molecule has 3 nitrogen and oxygen atoms in total. The van der Waals surface area contributed by atoms with Crippen LogP contribution in [-0.4, -0.2) is 26.9 Å². The Kier molecular flexibility index (Phi) is 7.70. The second-order valence-electron chi connectivity index (χ2n) is 5.79. The van der Waals surface area contributed by atoms with Crippen molar-refractivity contribution in [2.75, 3.05) is 12.4 Å². The van der Waals surface area contributed by atoms with Gasteiger partial charge in [0.15, 0.2) is 0 Å². The van der Waals surface area contributed by atoms with Crippen LogP contribution in [-0.2, 0) is 13.8 Å². The van der Waals surface area contributed by atoms with Crippen LogP contribution in [0.2, 0.25) is 0 Å². The van der Waals surface area contributed by atoms with Crippen LogP contribution >= 0.6 is 10.7 Å². The topological polar surface area (TPSA) is 43.4 Å². The lowest BCUT2D eigenvalue weighted by molar-refractivity contribution is -0.0166. The van der Waals surface area contributed by atoms with Crippen LogP contribution in [0.25, 0.3) is 0 Å². The molecule has 1 aliphatic rings. The average Bonchev–Trinajstić information content (AvgIpc) is 2.36. The molecule has 114 valence electrons. The summed E-state index contributed by atoms with van der Waals surface area (Å²) in [6.07, 6.45) is 8.25. The fourth-order valence-corrected chi connectivity index (χ4v) is 3.72. The zero-order chi connectivity index (χ0) is 14.3. The van der Waals surface area contributed by atoms with Gasteiger partial charge < -0.3 is 4.74 Å². The highest BCUT2D eigenvalue weighted by molar-refractivity contribution is 8.13. The molecule has 3 atom stereocenters. The summed E-state index contributed by atoms with van der Waals surface area (Å²) in [5, 5.41) is 0. The SMILES string of the molecule is CCC1CCCCC1OCCC(C)CCS(=O)(=O)Cl. The fourth-order valence-electron chi connectivity index (χ4n) is 2.77. The second kappa shape index (κ2) is 8.48. The van der Waals surface area contributed by atoms with E-state index in [4.69, 9.17) is 15.4 Å². The molecule has 0 bridgehead atoms. The highest BCUT2D eigenvalue weighted by atomic mass is 35.7. The standard InChI is InChI=1S/C14H27ClO3S/c1-3-13-6-4-5-7-14(13)18-10-8-12(2)9-11-19(15,16)17/h12-14H,3-11H2,1-2H3.